The van der Waals surface area contributed by atoms with Crippen molar-refractivity contribution in [1.29, 1.82) is 0 Å². The highest BCUT2D eigenvalue weighted by molar-refractivity contribution is 5.49. The van der Waals surface area contributed by atoms with Crippen LogP contribution in [0.15, 0.2) is 182 Å². The molecule has 5 heteroatoms. The number of hydrogen-bond donors (Lipinski definition) is 3. The minimum atomic E-state index is -1.56. The van der Waals surface area contributed by atoms with Crippen LogP contribution in [0.5, 0.6) is 0 Å². The maximum atomic E-state index is 11.4. The van der Waals surface area contributed by atoms with Gasteiger partial charge in [0.2, 0.25) is 0 Å². The molecule has 0 amide bonds. The number of aliphatic hydroxyl groups excluding tert-OH is 3. The van der Waals surface area contributed by atoms with Crippen molar-refractivity contribution in [3.63, 3.8) is 0 Å². The van der Waals surface area contributed by atoms with Gasteiger partial charge in [-0.05, 0) is 33.4 Å². The van der Waals surface area contributed by atoms with E-state index in [1.807, 2.05) is 182 Å². The Morgan fingerprint density at radius 1 is 0.333 bits per heavy atom. The summed E-state index contributed by atoms with van der Waals surface area (Å²) in [5.74, 6) is 0. The van der Waals surface area contributed by atoms with E-state index in [-0.39, 0.29) is 13.2 Å². The van der Waals surface area contributed by atoms with Gasteiger partial charge in [0.1, 0.15) is 29.5 Å². The van der Waals surface area contributed by atoms with Crippen molar-refractivity contribution in [2.75, 3.05) is 13.2 Å². The van der Waals surface area contributed by atoms with Gasteiger partial charge in [0, 0.05) is 0 Å². The lowest BCUT2D eigenvalue weighted by atomic mass is 9.80. The van der Waals surface area contributed by atoms with Crippen LogP contribution in [-0.4, -0.2) is 46.8 Å². The topological polar surface area (TPSA) is 79.2 Å². The summed E-state index contributed by atoms with van der Waals surface area (Å²) in [6, 6.07) is 58.9. The fraction of sp³-hybridized carbons (Fsp3) is 0.163. The lowest BCUT2D eigenvalue weighted by Gasteiger charge is -2.38. The predicted octanol–water partition coefficient (Wildman–Crippen LogP) is 7.09. The number of rotatable bonds is 14. The van der Waals surface area contributed by atoms with Crippen molar-refractivity contribution >= 4 is 0 Å². The van der Waals surface area contributed by atoms with E-state index in [0.29, 0.717) is 0 Å². The summed E-state index contributed by atoms with van der Waals surface area (Å²) in [6.07, 6.45) is -4.43. The second kappa shape index (κ2) is 15.3. The van der Waals surface area contributed by atoms with E-state index in [2.05, 4.69) is 0 Å². The van der Waals surface area contributed by atoms with E-state index >= 15 is 0 Å². The van der Waals surface area contributed by atoms with E-state index < -0.39 is 29.5 Å². The fourth-order valence-corrected chi connectivity index (χ4v) is 6.41. The Morgan fingerprint density at radius 2 is 0.521 bits per heavy atom. The monoisotopic (exact) mass is 636 g/mol. The van der Waals surface area contributed by atoms with Gasteiger partial charge >= 0.3 is 0 Å². The molecule has 0 saturated heterocycles. The summed E-state index contributed by atoms with van der Waals surface area (Å²) < 4.78 is 13.4. The Balaban J connectivity index is 1.28. The minimum Gasteiger partial charge on any atom is -0.388 e. The van der Waals surface area contributed by atoms with Crippen molar-refractivity contribution in [2.45, 2.75) is 29.5 Å². The zero-order chi connectivity index (χ0) is 33.2. The second-order valence-corrected chi connectivity index (χ2v) is 11.8. The van der Waals surface area contributed by atoms with E-state index in [1.54, 1.807) is 0 Å². The molecule has 0 bridgehead atoms. The zero-order valence-corrected chi connectivity index (χ0v) is 26.6. The largest absolute Gasteiger partial charge is 0.388 e. The third kappa shape index (κ3) is 6.74. The van der Waals surface area contributed by atoms with Crippen LogP contribution in [0, 0.1) is 0 Å². The minimum absolute atomic E-state index is 0.266. The molecule has 0 radical (unpaired) electrons. The predicted molar refractivity (Wildman–Crippen MR) is 188 cm³/mol. The molecule has 0 saturated carbocycles. The molecule has 6 aromatic carbocycles. The lowest BCUT2D eigenvalue weighted by molar-refractivity contribution is -0.135. The van der Waals surface area contributed by atoms with Crippen LogP contribution >= 0.6 is 0 Å². The van der Waals surface area contributed by atoms with Gasteiger partial charge in [-0.3, -0.25) is 0 Å². The molecule has 48 heavy (non-hydrogen) atoms. The quantitative estimate of drug-likeness (QED) is 0.111. The van der Waals surface area contributed by atoms with Gasteiger partial charge in [0.05, 0.1) is 13.2 Å². The molecule has 0 aliphatic heterocycles. The van der Waals surface area contributed by atoms with Gasteiger partial charge in [0.15, 0.2) is 0 Å². The van der Waals surface area contributed by atoms with E-state index in [0.717, 1.165) is 33.4 Å². The number of benzene rings is 6. The van der Waals surface area contributed by atoms with Gasteiger partial charge in [0.25, 0.3) is 0 Å². The Bertz CT molecular complexity index is 1470. The van der Waals surface area contributed by atoms with Crippen LogP contribution in [0.1, 0.15) is 33.4 Å². The van der Waals surface area contributed by atoms with Crippen molar-refractivity contribution in [2.24, 2.45) is 0 Å². The Morgan fingerprint density at radius 3 is 0.708 bits per heavy atom. The van der Waals surface area contributed by atoms with Crippen LogP contribution < -0.4 is 0 Å². The molecule has 0 fully saturated rings. The summed E-state index contributed by atoms with van der Waals surface area (Å²) >= 11 is 0. The van der Waals surface area contributed by atoms with Crippen LogP contribution in [-0.2, 0) is 20.7 Å². The number of ether oxygens (including phenoxy) is 2. The molecule has 0 aromatic heterocycles. The first-order chi connectivity index (χ1) is 23.6. The standard InChI is InChI=1S/C43H40O5/c44-39(31-47-42(33-19-7-1-8-20-33,34-21-9-2-10-22-34)35-23-11-3-12-24-35)41(46)40(45)32-48-43(36-25-13-4-14-26-36,37-27-15-5-16-28-37)38-29-17-6-18-30-38/h1-30,39-41,44-46H,31-32H2/t39-,40-/m0/s1. The van der Waals surface area contributed by atoms with E-state index in [1.165, 1.54) is 0 Å². The van der Waals surface area contributed by atoms with Crippen LogP contribution in [0.3, 0.4) is 0 Å². The molecular weight excluding hydrogens is 596 g/mol. The normalized spacial score (nSPS) is 13.2. The molecule has 0 unspecified atom stereocenters. The third-order valence-electron chi connectivity index (χ3n) is 8.81. The van der Waals surface area contributed by atoms with Crippen molar-refractivity contribution < 1.29 is 24.8 Å². The summed E-state index contributed by atoms with van der Waals surface area (Å²) in [5, 5.41) is 34.1. The van der Waals surface area contributed by atoms with Crippen LogP contribution in [0.25, 0.3) is 0 Å². The van der Waals surface area contributed by atoms with E-state index in [9.17, 15) is 15.3 Å². The second-order valence-electron chi connectivity index (χ2n) is 11.8. The van der Waals surface area contributed by atoms with Crippen molar-refractivity contribution in [3.8, 4) is 0 Å². The average Bonchev–Trinajstić information content (AvgIpc) is 3.17. The molecule has 0 heterocycles. The molecule has 3 N–H and O–H groups in total. The van der Waals surface area contributed by atoms with Crippen molar-refractivity contribution in [3.05, 3.63) is 215 Å². The first-order valence-electron chi connectivity index (χ1n) is 16.2. The third-order valence-corrected chi connectivity index (χ3v) is 8.81. The first kappa shape index (κ1) is 33.0. The molecular formula is C43H40O5. The molecule has 0 aliphatic rings. The molecule has 6 aromatic rings. The van der Waals surface area contributed by atoms with Gasteiger partial charge in [-0.25, -0.2) is 0 Å². The zero-order valence-electron chi connectivity index (χ0n) is 26.6. The van der Waals surface area contributed by atoms with Gasteiger partial charge in [-0.1, -0.05) is 182 Å². The molecule has 242 valence electrons. The Labute approximate surface area is 282 Å². The lowest BCUT2D eigenvalue weighted by Crippen LogP contribution is -2.46. The number of hydrogen-bond acceptors (Lipinski definition) is 5. The van der Waals surface area contributed by atoms with Gasteiger partial charge < -0.3 is 24.8 Å². The maximum Gasteiger partial charge on any atom is 0.143 e. The highest BCUT2D eigenvalue weighted by Gasteiger charge is 2.41. The highest BCUT2D eigenvalue weighted by Crippen LogP contribution is 2.42. The molecule has 5 nitrogen and oxygen atoms in total. The van der Waals surface area contributed by atoms with Gasteiger partial charge in [-0.2, -0.15) is 0 Å². The Kier molecular flexibility index (Phi) is 10.6. The van der Waals surface area contributed by atoms with Crippen LogP contribution in [0.2, 0.25) is 0 Å². The summed E-state index contributed by atoms with van der Waals surface area (Å²) in [6.45, 7) is -0.532. The van der Waals surface area contributed by atoms with Crippen molar-refractivity contribution in [1.82, 2.24) is 0 Å². The first-order valence-corrected chi connectivity index (χ1v) is 16.2. The molecule has 0 spiro atoms. The fourth-order valence-electron chi connectivity index (χ4n) is 6.41. The SMILES string of the molecule is OC([C@@H](O)COC(c1ccccc1)(c1ccccc1)c1ccccc1)[C@@H](O)COC(c1ccccc1)(c1ccccc1)c1ccccc1. The summed E-state index contributed by atoms with van der Waals surface area (Å²) in [5.41, 5.74) is 3.03. The average molecular weight is 637 g/mol. The highest BCUT2D eigenvalue weighted by atomic mass is 16.5. The van der Waals surface area contributed by atoms with Crippen LogP contribution in [0.4, 0.5) is 0 Å². The smallest absolute Gasteiger partial charge is 0.143 e. The summed E-state index contributed by atoms with van der Waals surface area (Å²) in [4.78, 5) is 0. The van der Waals surface area contributed by atoms with Gasteiger partial charge in [-0.15, -0.1) is 0 Å². The summed E-state index contributed by atoms with van der Waals surface area (Å²) in [7, 11) is 0. The molecule has 0 aliphatic carbocycles. The van der Waals surface area contributed by atoms with E-state index in [4.69, 9.17) is 9.47 Å². The molecule has 2 atom stereocenters. The Hall–Kier alpha value is -4.88. The maximum absolute atomic E-state index is 11.4. The number of aliphatic hydroxyl groups is 3. The molecule has 6 rings (SSSR count).